The molecule has 0 unspecified atom stereocenters. The number of benzene rings is 1. The van der Waals surface area contributed by atoms with Crippen molar-refractivity contribution in [3.63, 3.8) is 0 Å². The molecule has 3 rings (SSSR count). The lowest BCUT2D eigenvalue weighted by molar-refractivity contribution is 0.0860. The van der Waals surface area contributed by atoms with Crippen LogP contribution in [0.3, 0.4) is 0 Å². The summed E-state index contributed by atoms with van der Waals surface area (Å²) < 4.78 is 0. The molecule has 3 heteroatoms. The minimum Gasteiger partial charge on any atom is -0.390 e. The molecule has 0 spiro atoms. The molecule has 1 aliphatic rings. The van der Waals surface area contributed by atoms with Crippen LogP contribution in [0.1, 0.15) is 48.0 Å². The molecular formula is C18H21NOS. The van der Waals surface area contributed by atoms with Gasteiger partial charge in [0.15, 0.2) is 5.78 Å². The Balaban J connectivity index is 2.28. The van der Waals surface area contributed by atoms with E-state index >= 15 is 0 Å². The number of nitrogen functional groups attached to an aromatic ring is 1. The standard InChI is InChI=1S/C18H21NOS/c1-18(2,3)16(20)15-14-12-9-5-4-7-11(12)8-6-10-13(14)21-17(15)19/h4-5,7,9H,6,8,10,19H2,1-3H3. The van der Waals surface area contributed by atoms with Crippen LogP contribution in [-0.2, 0) is 12.8 Å². The SMILES string of the molecule is CC(C)(C)C(=O)c1c(N)sc2c1-c1ccccc1CCC2. The summed E-state index contributed by atoms with van der Waals surface area (Å²) in [4.78, 5) is 14.1. The maximum atomic E-state index is 12.9. The summed E-state index contributed by atoms with van der Waals surface area (Å²) in [5.74, 6) is 0.147. The molecule has 2 N–H and O–H groups in total. The topological polar surface area (TPSA) is 43.1 Å². The maximum absolute atomic E-state index is 12.9. The first-order chi connectivity index (χ1) is 9.89. The van der Waals surface area contributed by atoms with Crippen LogP contribution in [0.5, 0.6) is 0 Å². The number of anilines is 1. The van der Waals surface area contributed by atoms with Crippen molar-refractivity contribution in [3.8, 4) is 11.1 Å². The van der Waals surface area contributed by atoms with Crippen LogP contribution in [0.15, 0.2) is 24.3 Å². The second-order valence-electron chi connectivity index (χ2n) is 6.73. The highest BCUT2D eigenvalue weighted by Gasteiger charge is 2.32. The van der Waals surface area contributed by atoms with Gasteiger partial charge in [0.1, 0.15) is 0 Å². The molecular weight excluding hydrogens is 278 g/mol. The van der Waals surface area contributed by atoms with Gasteiger partial charge in [0.2, 0.25) is 0 Å². The van der Waals surface area contributed by atoms with E-state index in [1.165, 1.54) is 16.0 Å². The van der Waals surface area contributed by atoms with Gasteiger partial charge in [-0.05, 0) is 30.4 Å². The minimum atomic E-state index is -0.412. The number of hydrogen-bond donors (Lipinski definition) is 1. The minimum absolute atomic E-state index is 0.147. The Morgan fingerprint density at radius 3 is 2.62 bits per heavy atom. The first-order valence-electron chi connectivity index (χ1n) is 7.44. The van der Waals surface area contributed by atoms with E-state index in [0.717, 1.165) is 30.4 Å². The third-order valence-electron chi connectivity index (χ3n) is 4.05. The second kappa shape index (κ2) is 4.99. The fourth-order valence-corrected chi connectivity index (χ4v) is 4.10. The average Bonchev–Trinajstić information content (AvgIpc) is 2.63. The number of rotatable bonds is 1. The summed E-state index contributed by atoms with van der Waals surface area (Å²) in [5.41, 5.74) is 10.2. The Hall–Kier alpha value is -1.61. The molecule has 0 saturated heterocycles. The Kier molecular flexibility index (Phi) is 3.40. The summed E-state index contributed by atoms with van der Waals surface area (Å²) >= 11 is 1.60. The van der Waals surface area contributed by atoms with Crippen molar-refractivity contribution in [3.05, 3.63) is 40.3 Å². The first kappa shape index (κ1) is 14.3. The molecule has 0 aliphatic heterocycles. The van der Waals surface area contributed by atoms with Crippen molar-refractivity contribution in [2.45, 2.75) is 40.0 Å². The van der Waals surface area contributed by atoms with Crippen molar-refractivity contribution in [1.82, 2.24) is 0 Å². The number of thiophene rings is 1. The van der Waals surface area contributed by atoms with E-state index < -0.39 is 5.41 Å². The molecule has 0 bridgehead atoms. The lowest BCUT2D eigenvalue weighted by atomic mass is 9.83. The van der Waals surface area contributed by atoms with Crippen LogP contribution >= 0.6 is 11.3 Å². The van der Waals surface area contributed by atoms with Crippen LogP contribution in [-0.4, -0.2) is 5.78 Å². The summed E-state index contributed by atoms with van der Waals surface area (Å²) in [5, 5.41) is 0.677. The van der Waals surface area contributed by atoms with Gasteiger partial charge < -0.3 is 5.73 Å². The second-order valence-corrected chi connectivity index (χ2v) is 7.87. The van der Waals surface area contributed by atoms with Crippen LogP contribution in [0, 0.1) is 5.41 Å². The Morgan fingerprint density at radius 1 is 1.19 bits per heavy atom. The zero-order valence-corrected chi connectivity index (χ0v) is 13.6. The van der Waals surface area contributed by atoms with Gasteiger partial charge in [-0.2, -0.15) is 0 Å². The van der Waals surface area contributed by atoms with E-state index in [4.69, 9.17) is 5.73 Å². The molecule has 1 heterocycles. The molecule has 0 fully saturated rings. The molecule has 0 saturated carbocycles. The Bertz CT molecular complexity index is 706. The highest BCUT2D eigenvalue weighted by Crippen LogP contribution is 2.44. The lowest BCUT2D eigenvalue weighted by Crippen LogP contribution is -2.21. The third kappa shape index (κ3) is 2.40. The quantitative estimate of drug-likeness (QED) is 0.775. The van der Waals surface area contributed by atoms with E-state index in [9.17, 15) is 4.79 Å². The van der Waals surface area contributed by atoms with E-state index in [0.29, 0.717) is 5.00 Å². The Labute approximate surface area is 130 Å². The number of carbonyl (C=O) groups excluding carboxylic acids is 1. The van der Waals surface area contributed by atoms with Crippen molar-refractivity contribution >= 4 is 22.1 Å². The predicted octanol–water partition coefficient (Wildman–Crippen LogP) is 4.71. The van der Waals surface area contributed by atoms with E-state index in [2.05, 4.69) is 18.2 Å². The van der Waals surface area contributed by atoms with Crippen LogP contribution in [0.25, 0.3) is 11.1 Å². The maximum Gasteiger partial charge on any atom is 0.171 e. The summed E-state index contributed by atoms with van der Waals surface area (Å²) in [6.07, 6.45) is 3.20. The molecule has 0 amide bonds. The van der Waals surface area contributed by atoms with Gasteiger partial charge in [-0.3, -0.25) is 4.79 Å². The van der Waals surface area contributed by atoms with Crippen molar-refractivity contribution < 1.29 is 4.79 Å². The molecule has 21 heavy (non-hydrogen) atoms. The number of carbonyl (C=O) groups is 1. The van der Waals surface area contributed by atoms with E-state index in [-0.39, 0.29) is 5.78 Å². The fraction of sp³-hybridized carbons (Fsp3) is 0.389. The summed E-state index contributed by atoms with van der Waals surface area (Å²) in [6, 6.07) is 8.42. The van der Waals surface area contributed by atoms with E-state index in [1.807, 2.05) is 26.8 Å². The zero-order chi connectivity index (χ0) is 15.2. The van der Waals surface area contributed by atoms with Gasteiger partial charge in [0.05, 0.1) is 10.6 Å². The molecule has 2 nitrogen and oxygen atoms in total. The third-order valence-corrected chi connectivity index (χ3v) is 5.13. The van der Waals surface area contributed by atoms with E-state index in [1.54, 1.807) is 11.3 Å². The molecule has 0 atom stereocenters. The Morgan fingerprint density at radius 2 is 1.90 bits per heavy atom. The largest absolute Gasteiger partial charge is 0.390 e. The lowest BCUT2D eigenvalue weighted by Gasteiger charge is -2.18. The van der Waals surface area contributed by atoms with Gasteiger partial charge in [0.25, 0.3) is 0 Å². The van der Waals surface area contributed by atoms with Gasteiger partial charge in [-0.15, -0.1) is 11.3 Å². The number of aryl methyl sites for hydroxylation is 2. The number of hydrogen-bond acceptors (Lipinski definition) is 3. The van der Waals surface area contributed by atoms with Crippen LogP contribution in [0.4, 0.5) is 5.00 Å². The molecule has 1 aliphatic carbocycles. The fourth-order valence-electron chi connectivity index (χ4n) is 2.98. The van der Waals surface area contributed by atoms with Crippen LogP contribution < -0.4 is 5.73 Å². The average molecular weight is 299 g/mol. The summed E-state index contributed by atoms with van der Waals surface area (Å²) in [7, 11) is 0. The molecule has 110 valence electrons. The molecule has 2 aromatic rings. The highest BCUT2D eigenvalue weighted by molar-refractivity contribution is 7.17. The van der Waals surface area contributed by atoms with Gasteiger partial charge in [-0.25, -0.2) is 0 Å². The molecule has 0 radical (unpaired) electrons. The van der Waals surface area contributed by atoms with Crippen LogP contribution in [0.2, 0.25) is 0 Å². The number of nitrogens with two attached hydrogens (primary N) is 1. The number of fused-ring (bicyclic) bond motifs is 3. The number of Topliss-reactive ketones (excluding diaryl/α,β-unsaturated/α-hetero) is 1. The van der Waals surface area contributed by atoms with Crippen molar-refractivity contribution in [2.24, 2.45) is 5.41 Å². The predicted molar refractivity (Wildman–Crippen MR) is 90.0 cm³/mol. The van der Waals surface area contributed by atoms with Gasteiger partial charge >= 0.3 is 0 Å². The number of ketones is 1. The zero-order valence-electron chi connectivity index (χ0n) is 12.8. The van der Waals surface area contributed by atoms with Gasteiger partial charge in [0, 0.05) is 15.9 Å². The van der Waals surface area contributed by atoms with Crippen molar-refractivity contribution in [1.29, 1.82) is 0 Å². The van der Waals surface area contributed by atoms with Gasteiger partial charge in [-0.1, -0.05) is 45.0 Å². The summed E-state index contributed by atoms with van der Waals surface area (Å²) in [6.45, 7) is 5.88. The normalized spacial score (nSPS) is 14.2. The molecule has 1 aromatic heterocycles. The van der Waals surface area contributed by atoms with Crippen molar-refractivity contribution in [2.75, 3.05) is 5.73 Å². The monoisotopic (exact) mass is 299 g/mol. The highest BCUT2D eigenvalue weighted by atomic mass is 32.1. The first-order valence-corrected chi connectivity index (χ1v) is 8.25. The smallest absolute Gasteiger partial charge is 0.171 e. The molecule has 1 aromatic carbocycles.